The average Bonchev–Trinajstić information content (AvgIpc) is 3.13. The molecule has 148 valence electrons. The monoisotopic (exact) mass is 369 g/mol. The van der Waals surface area contributed by atoms with E-state index in [9.17, 15) is 5.11 Å². The number of nitrogens with one attached hydrogen (secondary N) is 2. The number of nitrogens with zero attached hydrogens (tertiary/aromatic N) is 1. The van der Waals surface area contributed by atoms with Crippen molar-refractivity contribution in [3.05, 3.63) is 58.9 Å². The number of aryl methyl sites for hydroxylation is 1. The lowest BCUT2D eigenvalue weighted by molar-refractivity contribution is 0.113. The standard InChI is InChI=1S/C23H35N3O/c1-17-5-7-19(8-6-17)16-26-11-9-18(10-12-26)14-25-22(27)21-13-20(15-24-21)23(2,3)4/h5-8,13,15,18,22,24-25,27H,9-12,14,16H2,1-4H3. The molecule has 2 heterocycles. The van der Waals surface area contributed by atoms with E-state index < -0.39 is 6.23 Å². The predicted molar refractivity (Wildman–Crippen MR) is 112 cm³/mol. The molecule has 0 saturated carbocycles. The minimum atomic E-state index is -0.619. The highest BCUT2D eigenvalue weighted by molar-refractivity contribution is 5.25. The largest absolute Gasteiger partial charge is 0.373 e. The number of benzene rings is 1. The van der Waals surface area contributed by atoms with Gasteiger partial charge < -0.3 is 10.1 Å². The highest BCUT2D eigenvalue weighted by Gasteiger charge is 2.21. The quantitative estimate of drug-likeness (QED) is 0.672. The lowest BCUT2D eigenvalue weighted by atomic mass is 9.89. The van der Waals surface area contributed by atoms with Crippen molar-refractivity contribution < 1.29 is 5.11 Å². The van der Waals surface area contributed by atoms with Crippen molar-refractivity contribution in [3.8, 4) is 0 Å². The van der Waals surface area contributed by atoms with Gasteiger partial charge in [0.25, 0.3) is 0 Å². The maximum absolute atomic E-state index is 10.4. The number of likely N-dealkylation sites (tertiary alicyclic amines) is 1. The molecule has 1 aliphatic heterocycles. The molecule has 3 N–H and O–H groups in total. The molecule has 1 aromatic heterocycles. The predicted octanol–water partition coefficient (Wildman–Crippen LogP) is 4.11. The molecule has 27 heavy (non-hydrogen) atoms. The number of aliphatic hydroxyl groups is 1. The lowest BCUT2D eigenvalue weighted by Crippen LogP contribution is -2.37. The van der Waals surface area contributed by atoms with E-state index in [1.54, 1.807) is 0 Å². The van der Waals surface area contributed by atoms with E-state index in [0.717, 1.165) is 31.9 Å². The summed E-state index contributed by atoms with van der Waals surface area (Å²) in [6.07, 6.45) is 3.75. The summed E-state index contributed by atoms with van der Waals surface area (Å²) in [5.74, 6) is 0.631. The van der Waals surface area contributed by atoms with E-state index in [-0.39, 0.29) is 5.41 Å². The molecule has 0 spiro atoms. The topological polar surface area (TPSA) is 51.3 Å². The Balaban J connectivity index is 1.41. The smallest absolute Gasteiger partial charge is 0.145 e. The third-order valence-electron chi connectivity index (χ3n) is 5.70. The Hall–Kier alpha value is -1.62. The van der Waals surface area contributed by atoms with Crippen molar-refractivity contribution in [1.29, 1.82) is 0 Å². The average molecular weight is 370 g/mol. The van der Waals surface area contributed by atoms with Crippen LogP contribution in [0.15, 0.2) is 36.5 Å². The summed E-state index contributed by atoms with van der Waals surface area (Å²) < 4.78 is 0. The zero-order chi connectivity index (χ0) is 19.4. The van der Waals surface area contributed by atoms with Gasteiger partial charge in [-0.25, -0.2) is 0 Å². The summed E-state index contributed by atoms with van der Waals surface area (Å²) in [5.41, 5.74) is 4.89. The number of aromatic amines is 1. The number of aromatic nitrogens is 1. The van der Waals surface area contributed by atoms with Gasteiger partial charge in [0.2, 0.25) is 0 Å². The molecule has 4 nitrogen and oxygen atoms in total. The number of hydrogen-bond donors (Lipinski definition) is 3. The highest BCUT2D eigenvalue weighted by atomic mass is 16.3. The number of rotatable bonds is 6. The van der Waals surface area contributed by atoms with Gasteiger partial charge in [-0.1, -0.05) is 50.6 Å². The summed E-state index contributed by atoms with van der Waals surface area (Å²) in [4.78, 5) is 5.76. The highest BCUT2D eigenvalue weighted by Crippen LogP contribution is 2.25. The van der Waals surface area contributed by atoms with Gasteiger partial charge in [-0.2, -0.15) is 0 Å². The Morgan fingerprint density at radius 3 is 2.44 bits per heavy atom. The molecule has 1 saturated heterocycles. The van der Waals surface area contributed by atoms with Crippen LogP contribution in [-0.4, -0.2) is 34.6 Å². The van der Waals surface area contributed by atoms with Crippen LogP contribution in [0.5, 0.6) is 0 Å². The maximum atomic E-state index is 10.4. The Morgan fingerprint density at radius 2 is 1.85 bits per heavy atom. The second-order valence-electron chi connectivity index (χ2n) is 9.11. The van der Waals surface area contributed by atoms with Crippen molar-refractivity contribution in [1.82, 2.24) is 15.2 Å². The first-order valence-electron chi connectivity index (χ1n) is 10.2. The summed E-state index contributed by atoms with van der Waals surface area (Å²) in [7, 11) is 0. The zero-order valence-electron chi connectivity index (χ0n) is 17.3. The first kappa shape index (κ1) is 20.1. The fourth-order valence-corrected chi connectivity index (χ4v) is 3.69. The van der Waals surface area contributed by atoms with Gasteiger partial charge in [0.15, 0.2) is 0 Å². The Kier molecular flexibility index (Phi) is 6.40. The van der Waals surface area contributed by atoms with Crippen molar-refractivity contribution in [2.24, 2.45) is 5.92 Å². The van der Waals surface area contributed by atoms with Crippen molar-refractivity contribution >= 4 is 0 Å². The molecule has 2 aromatic rings. The molecular weight excluding hydrogens is 334 g/mol. The third-order valence-corrected chi connectivity index (χ3v) is 5.70. The zero-order valence-corrected chi connectivity index (χ0v) is 17.3. The lowest BCUT2D eigenvalue weighted by Gasteiger charge is -2.32. The van der Waals surface area contributed by atoms with Crippen LogP contribution in [0.25, 0.3) is 0 Å². The van der Waals surface area contributed by atoms with Crippen molar-refractivity contribution in [3.63, 3.8) is 0 Å². The first-order chi connectivity index (χ1) is 12.8. The van der Waals surface area contributed by atoms with Crippen LogP contribution in [-0.2, 0) is 12.0 Å². The summed E-state index contributed by atoms with van der Waals surface area (Å²) >= 11 is 0. The second-order valence-corrected chi connectivity index (χ2v) is 9.11. The number of hydrogen-bond acceptors (Lipinski definition) is 3. The van der Waals surface area contributed by atoms with E-state index in [2.05, 4.69) is 73.2 Å². The van der Waals surface area contributed by atoms with E-state index >= 15 is 0 Å². The summed E-state index contributed by atoms with van der Waals surface area (Å²) in [6, 6.07) is 10.9. The van der Waals surface area contributed by atoms with Crippen molar-refractivity contribution in [2.75, 3.05) is 19.6 Å². The molecule has 0 amide bonds. The van der Waals surface area contributed by atoms with Gasteiger partial charge in [-0.3, -0.25) is 10.2 Å². The van der Waals surface area contributed by atoms with Gasteiger partial charge in [-0.05, 0) is 61.4 Å². The third kappa shape index (κ3) is 5.68. The molecule has 1 fully saturated rings. The Labute approximate surface area is 164 Å². The second kappa shape index (κ2) is 8.59. The summed E-state index contributed by atoms with van der Waals surface area (Å²) in [6.45, 7) is 12.9. The maximum Gasteiger partial charge on any atom is 0.145 e. The summed E-state index contributed by atoms with van der Waals surface area (Å²) in [5, 5.41) is 13.8. The molecule has 4 heteroatoms. The molecular formula is C23H35N3O. The molecule has 1 atom stereocenters. The Bertz CT molecular complexity index is 706. The van der Waals surface area contributed by atoms with Crippen LogP contribution in [0.4, 0.5) is 0 Å². The fraction of sp³-hybridized carbons (Fsp3) is 0.565. The molecule has 1 aromatic carbocycles. The number of piperidine rings is 1. The van der Waals surface area contributed by atoms with Gasteiger partial charge in [-0.15, -0.1) is 0 Å². The molecule has 0 aliphatic carbocycles. The van der Waals surface area contributed by atoms with Crippen molar-refractivity contribution in [2.45, 2.75) is 58.7 Å². The van der Waals surface area contributed by atoms with Gasteiger partial charge in [0.1, 0.15) is 6.23 Å². The molecule has 1 aliphatic rings. The van der Waals surface area contributed by atoms with E-state index in [1.807, 2.05) is 6.20 Å². The van der Waals surface area contributed by atoms with Gasteiger partial charge in [0.05, 0.1) is 5.69 Å². The van der Waals surface area contributed by atoms with E-state index in [0.29, 0.717) is 5.92 Å². The fourth-order valence-electron chi connectivity index (χ4n) is 3.69. The number of aliphatic hydroxyl groups excluding tert-OH is 1. The minimum Gasteiger partial charge on any atom is -0.373 e. The van der Waals surface area contributed by atoms with Gasteiger partial charge >= 0.3 is 0 Å². The Morgan fingerprint density at radius 1 is 1.19 bits per heavy atom. The van der Waals surface area contributed by atoms with Crippen LogP contribution >= 0.6 is 0 Å². The molecule has 3 rings (SSSR count). The molecule has 0 bridgehead atoms. The SMILES string of the molecule is Cc1ccc(CN2CCC(CNC(O)c3cc(C(C)(C)C)c[nH]3)CC2)cc1. The van der Waals surface area contributed by atoms with Crippen LogP contribution in [0, 0.1) is 12.8 Å². The van der Waals surface area contributed by atoms with E-state index in [1.165, 1.54) is 29.5 Å². The van der Waals surface area contributed by atoms with Crippen LogP contribution in [0.1, 0.15) is 62.2 Å². The number of H-pyrrole nitrogens is 1. The van der Waals surface area contributed by atoms with Crippen LogP contribution in [0.3, 0.4) is 0 Å². The van der Waals surface area contributed by atoms with Gasteiger partial charge in [0, 0.05) is 19.3 Å². The first-order valence-corrected chi connectivity index (χ1v) is 10.2. The van der Waals surface area contributed by atoms with Crippen LogP contribution < -0.4 is 5.32 Å². The molecule has 1 unspecified atom stereocenters. The minimum absolute atomic E-state index is 0.0960. The normalized spacial score (nSPS) is 18.0. The molecule has 0 radical (unpaired) electrons. The van der Waals surface area contributed by atoms with E-state index in [4.69, 9.17) is 0 Å². The van der Waals surface area contributed by atoms with Crippen LogP contribution in [0.2, 0.25) is 0 Å².